The Morgan fingerprint density at radius 3 is 2.84 bits per heavy atom. The molecule has 2 aromatic rings. The summed E-state index contributed by atoms with van der Waals surface area (Å²) in [5.41, 5.74) is 6.64. The van der Waals surface area contributed by atoms with Gasteiger partial charge in [0.1, 0.15) is 5.00 Å². The number of likely N-dealkylation sites (N-methyl/N-ethyl adjacent to an activating group) is 1. The highest BCUT2D eigenvalue weighted by Crippen LogP contribution is 2.32. The van der Waals surface area contributed by atoms with E-state index in [1.807, 2.05) is 30.1 Å². The van der Waals surface area contributed by atoms with Crippen molar-refractivity contribution < 1.29 is 19.1 Å². The normalized spacial score (nSPS) is 13.7. The van der Waals surface area contributed by atoms with Crippen LogP contribution in [0.15, 0.2) is 29.6 Å². The lowest BCUT2D eigenvalue weighted by molar-refractivity contribution is -0.120. The van der Waals surface area contributed by atoms with Crippen molar-refractivity contribution in [2.24, 2.45) is 5.73 Å². The number of amides is 2. The number of ether oxygens (including phenoxy) is 2. The second-order valence-electron chi connectivity index (χ2n) is 5.80. The van der Waals surface area contributed by atoms with E-state index in [4.69, 9.17) is 15.2 Å². The summed E-state index contributed by atoms with van der Waals surface area (Å²) in [6, 6.07) is 6.92. The number of nitrogens with two attached hydrogens (primary N) is 1. The number of fused-ring (bicyclic) bond motifs is 1. The van der Waals surface area contributed by atoms with Crippen LogP contribution in [0.1, 0.15) is 22.8 Å². The first-order valence-corrected chi connectivity index (χ1v) is 8.60. The lowest BCUT2D eigenvalue weighted by atomic mass is 10.1. The molecule has 0 unspecified atom stereocenters. The zero-order chi connectivity index (χ0) is 18.0. The summed E-state index contributed by atoms with van der Waals surface area (Å²) in [5, 5.41) is 4.96. The van der Waals surface area contributed by atoms with E-state index < -0.39 is 11.9 Å². The second-order valence-corrected chi connectivity index (χ2v) is 6.71. The maximum absolute atomic E-state index is 12.5. The average molecular weight is 361 g/mol. The lowest BCUT2D eigenvalue weighted by Gasteiger charge is -2.24. The SMILES string of the molecule is C[C@@H](C(=O)Nc1sccc1C(N)=O)N(C)Cc1ccc2c(c1)OCO2. The van der Waals surface area contributed by atoms with Crippen LogP contribution in [0.25, 0.3) is 0 Å². The van der Waals surface area contributed by atoms with Crippen LogP contribution >= 0.6 is 11.3 Å². The number of nitrogens with one attached hydrogen (secondary N) is 1. The molecule has 0 saturated carbocycles. The van der Waals surface area contributed by atoms with E-state index in [0.717, 1.165) is 11.3 Å². The van der Waals surface area contributed by atoms with Gasteiger partial charge in [-0.25, -0.2) is 0 Å². The molecule has 25 heavy (non-hydrogen) atoms. The molecule has 1 aromatic heterocycles. The fourth-order valence-electron chi connectivity index (χ4n) is 2.48. The van der Waals surface area contributed by atoms with Gasteiger partial charge in [-0.05, 0) is 43.1 Å². The van der Waals surface area contributed by atoms with Gasteiger partial charge < -0.3 is 20.5 Å². The Hall–Kier alpha value is -2.58. The predicted octanol–water partition coefficient (Wildman–Crippen LogP) is 2.03. The fraction of sp³-hybridized carbons (Fsp3) is 0.294. The highest BCUT2D eigenvalue weighted by Gasteiger charge is 2.21. The Kier molecular flexibility index (Phi) is 4.91. The van der Waals surface area contributed by atoms with Crippen LogP contribution in [0.2, 0.25) is 0 Å². The molecule has 1 atom stereocenters. The summed E-state index contributed by atoms with van der Waals surface area (Å²) in [6.45, 7) is 2.61. The average Bonchev–Trinajstić information content (AvgIpc) is 3.22. The van der Waals surface area contributed by atoms with Crippen molar-refractivity contribution in [2.75, 3.05) is 19.2 Å². The van der Waals surface area contributed by atoms with Crippen molar-refractivity contribution in [1.29, 1.82) is 0 Å². The van der Waals surface area contributed by atoms with Crippen molar-refractivity contribution in [1.82, 2.24) is 4.90 Å². The van der Waals surface area contributed by atoms with Crippen molar-refractivity contribution >= 4 is 28.2 Å². The Bertz CT molecular complexity index is 805. The highest BCUT2D eigenvalue weighted by atomic mass is 32.1. The number of rotatable bonds is 6. The van der Waals surface area contributed by atoms with Gasteiger partial charge in [-0.3, -0.25) is 14.5 Å². The van der Waals surface area contributed by atoms with Gasteiger partial charge in [0, 0.05) is 6.54 Å². The maximum Gasteiger partial charge on any atom is 0.251 e. The van der Waals surface area contributed by atoms with Gasteiger partial charge in [0.2, 0.25) is 12.7 Å². The fourth-order valence-corrected chi connectivity index (χ4v) is 3.28. The van der Waals surface area contributed by atoms with Crippen LogP contribution < -0.4 is 20.5 Å². The summed E-state index contributed by atoms with van der Waals surface area (Å²) >= 11 is 1.27. The number of benzene rings is 1. The standard InChI is InChI=1S/C17H19N3O4S/c1-10(16(22)19-17-12(15(18)21)5-6-25-17)20(2)8-11-3-4-13-14(7-11)24-9-23-13/h3-7,10H,8-9H2,1-2H3,(H2,18,21)(H,19,22)/t10-/m0/s1. The first-order valence-electron chi connectivity index (χ1n) is 7.72. The molecule has 0 spiro atoms. The van der Waals surface area contributed by atoms with Gasteiger partial charge in [-0.1, -0.05) is 6.07 Å². The van der Waals surface area contributed by atoms with Gasteiger partial charge in [0.25, 0.3) is 5.91 Å². The third-order valence-corrected chi connectivity index (χ3v) is 4.91. The minimum absolute atomic E-state index is 0.201. The van der Waals surface area contributed by atoms with E-state index in [-0.39, 0.29) is 12.7 Å². The number of nitrogens with zero attached hydrogens (tertiary/aromatic N) is 1. The van der Waals surface area contributed by atoms with Crippen LogP contribution in [0.5, 0.6) is 11.5 Å². The van der Waals surface area contributed by atoms with Crippen LogP contribution in [-0.4, -0.2) is 36.6 Å². The van der Waals surface area contributed by atoms with Gasteiger partial charge >= 0.3 is 0 Å². The van der Waals surface area contributed by atoms with Gasteiger partial charge in [0.05, 0.1) is 11.6 Å². The van der Waals surface area contributed by atoms with Crippen LogP contribution in [-0.2, 0) is 11.3 Å². The lowest BCUT2D eigenvalue weighted by Crippen LogP contribution is -2.39. The Morgan fingerprint density at radius 1 is 1.32 bits per heavy atom. The molecule has 1 aliphatic heterocycles. The number of carbonyl (C=O) groups is 2. The molecule has 1 aromatic carbocycles. The van der Waals surface area contributed by atoms with E-state index in [1.54, 1.807) is 18.4 Å². The highest BCUT2D eigenvalue weighted by molar-refractivity contribution is 7.14. The minimum Gasteiger partial charge on any atom is -0.454 e. The number of thiophene rings is 1. The summed E-state index contributed by atoms with van der Waals surface area (Å²) in [4.78, 5) is 25.7. The molecule has 132 valence electrons. The number of carbonyl (C=O) groups excluding carboxylic acids is 2. The molecule has 2 heterocycles. The van der Waals surface area contributed by atoms with Crippen LogP contribution in [0.4, 0.5) is 5.00 Å². The minimum atomic E-state index is -0.557. The predicted molar refractivity (Wildman–Crippen MR) is 95.0 cm³/mol. The van der Waals surface area contributed by atoms with Crippen LogP contribution in [0, 0.1) is 0 Å². The maximum atomic E-state index is 12.5. The topological polar surface area (TPSA) is 93.9 Å². The largest absolute Gasteiger partial charge is 0.454 e. The zero-order valence-corrected chi connectivity index (χ0v) is 14.8. The molecule has 2 amide bonds. The van der Waals surface area contributed by atoms with Crippen molar-refractivity contribution in [2.45, 2.75) is 19.5 Å². The molecule has 0 aliphatic carbocycles. The second kappa shape index (κ2) is 7.12. The Labute approximate surface area is 149 Å². The number of primary amides is 1. The van der Waals surface area contributed by atoms with Gasteiger partial charge in [0.15, 0.2) is 11.5 Å². The third kappa shape index (κ3) is 3.75. The van der Waals surface area contributed by atoms with Crippen LogP contribution in [0.3, 0.4) is 0 Å². The summed E-state index contributed by atoms with van der Waals surface area (Å²) in [7, 11) is 1.86. The van der Waals surface area contributed by atoms with E-state index in [0.29, 0.717) is 22.9 Å². The van der Waals surface area contributed by atoms with Gasteiger partial charge in [-0.15, -0.1) is 11.3 Å². The molecule has 7 nitrogen and oxygen atoms in total. The molecule has 3 N–H and O–H groups in total. The first kappa shape index (κ1) is 17.2. The smallest absolute Gasteiger partial charge is 0.251 e. The molecule has 0 saturated heterocycles. The van der Waals surface area contributed by atoms with Crippen molar-refractivity contribution in [3.63, 3.8) is 0 Å². The monoisotopic (exact) mass is 361 g/mol. The van der Waals surface area contributed by atoms with E-state index in [9.17, 15) is 9.59 Å². The Morgan fingerprint density at radius 2 is 2.08 bits per heavy atom. The third-order valence-electron chi connectivity index (χ3n) is 4.08. The zero-order valence-electron chi connectivity index (χ0n) is 13.9. The molecule has 1 aliphatic rings. The van der Waals surface area contributed by atoms with Crippen molar-refractivity contribution in [3.05, 3.63) is 40.8 Å². The number of hydrogen-bond acceptors (Lipinski definition) is 6. The molecule has 0 bridgehead atoms. The summed E-state index contributed by atoms with van der Waals surface area (Å²) in [5.74, 6) is 0.688. The first-order chi connectivity index (χ1) is 12.0. The molecule has 0 fully saturated rings. The quantitative estimate of drug-likeness (QED) is 0.821. The summed E-state index contributed by atoms with van der Waals surface area (Å²) in [6.07, 6.45) is 0. The van der Waals surface area contributed by atoms with E-state index in [2.05, 4.69) is 5.32 Å². The number of anilines is 1. The van der Waals surface area contributed by atoms with E-state index >= 15 is 0 Å². The van der Waals surface area contributed by atoms with E-state index in [1.165, 1.54) is 11.3 Å². The van der Waals surface area contributed by atoms with Crippen molar-refractivity contribution in [3.8, 4) is 11.5 Å². The molecular formula is C17H19N3O4S. The van der Waals surface area contributed by atoms with Gasteiger partial charge in [-0.2, -0.15) is 0 Å². The molecule has 3 rings (SSSR count). The molecular weight excluding hydrogens is 342 g/mol. The Balaban J connectivity index is 1.63. The number of hydrogen-bond donors (Lipinski definition) is 2. The molecule has 0 radical (unpaired) electrons. The summed E-state index contributed by atoms with van der Waals surface area (Å²) < 4.78 is 10.7. The molecule has 8 heteroatoms.